The molecule has 4 nitrogen and oxygen atoms in total. The number of nitrogens with zero attached hydrogens (tertiary/aromatic N) is 2. The molecule has 1 saturated carbocycles. The summed E-state index contributed by atoms with van der Waals surface area (Å²) in [4.78, 5) is 16.6. The van der Waals surface area contributed by atoms with E-state index < -0.39 is 0 Å². The Labute approximate surface area is 110 Å². The molecule has 1 fully saturated rings. The van der Waals surface area contributed by atoms with Crippen LogP contribution in [0.1, 0.15) is 46.1 Å². The molecule has 1 aromatic heterocycles. The number of thiazole rings is 1. The smallest absolute Gasteiger partial charge is 0.263 e. The molecule has 0 atom stereocenters. The van der Waals surface area contributed by atoms with Crippen LogP contribution < -0.4 is 5.32 Å². The van der Waals surface area contributed by atoms with Gasteiger partial charge in [-0.05, 0) is 38.2 Å². The summed E-state index contributed by atoms with van der Waals surface area (Å²) < 4.78 is 0. The number of nitriles is 1. The molecule has 0 bridgehead atoms. The number of hydrogen-bond donors (Lipinski definition) is 1. The summed E-state index contributed by atoms with van der Waals surface area (Å²) in [5, 5.41) is 12.6. The Balaban J connectivity index is 2.43. The van der Waals surface area contributed by atoms with Crippen LogP contribution >= 0.6 is 11.3 Å². The van der Waals surface area contributed by atoms with Gasteiger partial charge in [0.1, 0.15) is 16.0 Å². The molecule has 1 N–H and O–H groups in total. The fraction of sp³-hybridized carbons (Fsp3) is 0.462. The van der Waals surface area contributed by atoms with Crippen molar-refractivity contribution in [2.75, 3.05) is 7.05 Å². The lowest BCUT2D eigenvalue weighted by Gasteiger charge is -1.98. The Morgan fingerprint density at radius 2 is 2.11 bits per heavy atom. The van der Waals surface area contributed by atoms with Gasteiger partial charge in [0.25, 0.3) is 5.91 Å². The molecule has 18 heavy (non-hydrogen) atoms. The van der Waals surface area contributed by atoms with Crippen molar-refractivity contribution in [2.24, 2.45) is 0 Å². The predicted octanol–water partition coefficient (Wildman–Crippen LogP) is 2.66. The Morgan fingerprint density at radius 3 is 2.67 bits per heavy atom. The van der Waals surface area contributed by atoms with Gasteiger partial charge in [-0.1, -0.05) is 0 Å². The van der Waals surface area contributed by atoms with Crippen LogP contribution in [0.4, 0.5) is 0 Å². The molecule has 0 radical (unpaired) electrons. The number of aryl methyl sites for hydroxylation is 1. The van der Waals surface area contributed by atoms with Crippen molar-refractivity contribution in [2.45, 2.75) is 32.6 Å². The maximum Gasteiger partial charge on any atom is 0.263 e. The molecule has 0 unspecified atom stereocenters. The van der Waals surface area contributed by atoms with Gasteiger partial charge in [0, 0.05) is 7.05 Å². The van der Waals surface area contributed by atoms with E-state index in [4.69, 9.17) is 0 Å². The molecular formula is C13H15N3OS. The van der Waals surface area contributed by atoms with Gasteiger partial charge >= 0.3 is 0 Å². The van der Waals surface area contributed by atoms with Crippen molar-refractivity contribution < 1.29 is 4.79 Å². The molecule has 0 aromatic carbocycles. The van der Waals surface area contributed by atoms with E-state index in [0.29, 0.717) is 21.2 Å². The standard InChI is InChI=1S/C13H15N3OS/c1-8-11(12(17)15-2)18-13(16-8)10(7-14)9-5-3-4-6-9/h3-6H2,1-2H3,(H,15,17). The lowest BCUT2D eigenvalue weighted by molar-refractivity contribution is 0.0966. The molecule has 2 rings (SSSR count). The highest BCUT2D eigenvalue weighted by Gasteiger charge is 2.20. The van der Waals surface area contributed by atoms with Crippen LogP contribution in [0.15, 0.2) is 5.57 Å². The SMILES string of the molecule is CNC(=O)c1sc(C(C#N)=C2CCCC2)nc1C. The summed E-state index contributed by atoms with van der Waals surface area (Å²) in [7, 11) is 1.60. The van der Waals surface area contributed by atoms with Gasteiger partial charge in [0.15, 0.2) is 0 Å². The average Bonchev–Trinajstić information content (AvgIpc) is 3.00. The fourth-order valence-corrected chi connectivity index (χ4v) is 3.21. The fourth-order valence-electron chi connectivity index (χ4n) is 2.16. The summed E-state index contributed by atoms with van der Waals surface area (Å²) in [5.74, 6) is -0.134. The highest BCUT2D eigenvalue weighted by molar-refractivity contribution is 7.15. The summed E-state index contributed by atoms with van der Waals surface area (Å²) in [6, 6.07) is 2.25. The zero-order valence-corrected chi connectivity index (χ0v) is 11.4. The molecule has 0 saturated heterocycles. The first-order valence-electron chi connectivity index (χ1n) is 5.99. The van der Waals surface area contributed by atoms with E-state index in [1.165, 1.54) is 16.9 Å². The molecule has 0 spiro atoms. The number of hydrogen-bond acceptors (Lipinski definition) is 4. The van der Waals surface area contributed by atoms with Gasteiger partial charge in [-0.3, -0.25) is 4.79 Å². The van der Waals surface area contributed by atoms with Gasteiger partial charge < -0.3 is 5.32 Å². The van der Waals surface area contributed by atoms with Crippen LogP contribution in [0.5, 0.6) is 0 Å². The number of allylic oxidation sites excluding steroid dienone is 2. The first kappa shape index (κ1) is 12.8. The third-order valence-electron chi connectivity index (χ3n) is 3.12. The van der Waals surface area contributed by atoms with Crippen LogP contribution in [0, 0.1) is 18.3 Å². The van der Waals surface area contributed by atoms with Crippen LogP contribution in [0.2, 0.25) is 0 Å². The van der Waals surface area contributed by atoms with E-state index in [-0.39, 0.29) is 5.91 Å². The monoisotopic (exact) mass is 261 g/mol. The van der Waals surface area contributed by atoms with Crippen molar-refractivity contribution in [3.8, 4) is 6.07 Å². The lowest BCUT2D eigenvalue weighted by atomic mass is 10.1. The Bertz CT molecular complexity index is 543. The van der Waals surface area contributed by atoms with Crippen molar-refractivity contribution in [1.29, 1.82) is 5.26 Å². The van der Waals surface area contributed by atoms with Crippen LogP contribution in [-0.2, 0) is 0 Å². The van der Waals surface area contributed by atoms with Crippen molar-refractivity contribution in [1.82, 2.24) is 10.3 Å². The van der Waals surface area contributed by atoms with Gasteiger partial charge in [-0.25, -0.2) is 4.98 Å². The largest absolute Gasteiger partial charge is 0.354 e. The minimum atomic E-state index is -0.134. The average molecular weight is 261 g/mol. The van der Waals surface area contributed by atoms with E-state index in [1.807, 2.05) is 0 Å². The number of amides is 1. The number of aromatic nitrogens is 1. The van der Waals surface area contributed by atoms with E-state index in [1.54, 1.807) is 14.0 Å². The molecule has 1 aliphatic rings. The number of rotatable bonds is 2. The van der Waals surface area contributed by atoms with E-state index >= 15 is 0 Å². The van der Waals surface area contributed by atoms with Gasteiger partial charge in [0.05, 0.1) is 11.3 Å². The Kier molecular flexibility index (Phi) is 3.78. The molecular weight excluding hydrogens is 246 g/mol. The highest BCUT2D eigenvalue weighted by Crippen LogP contribution is 2.33. The molecule has 1 heterocycles. The van der Waals surface area contributed by atoms with Gasteiger partial charge in [0.2, 0.25) is 0 Å². The molecule has 1 aromatic rings. The molecule has 1 aliphatic carbocycles. The molecule has 1 amide bonds. The Hall–Kier alpha value is -1.67. The number of carbonyl (C=O) groups is 1. The third-order valence-corrected chi connectivity index (χ3v) is 4.29. The van der Waals surface area contributed by atoms with Crippen molar-refractivity contribution in [3.63, 3.8) is 0 Å². The van der Waals surface area contributed by atoms with Crippen molar-refractivity contribution >= 4 is 22.8 Å². The molecule has 5 heteroatoms. The second-order valence-electron chi connectivity index (χ2n) is 4.31. The van der Waals surface area contributed by atoms with E-state index in [9.17, 15) is 10.1 Å². The summed E-state index contributed by atoms with van der Waals surface area (Å²) in [6.45, 7) is 1.80. The van der Waals surface area contributed by atoms with E-state index in [2.05, 4.69) is 16.4 Å². The quantitative estimate of drug-likeness (QED) is 0.832. The Morgan fingerprint density at radius 1 is 1.44 bits per heavy atom. The first-order chi connectivity index (χ1) is 8.67. The molecule has 94 valence electrons. The minimum absolute atomic E-state index is 0.134. The van der Waals surface area contributed by atoms with Gasteiger partial charge in [-0.2, -0.15) is 5.26 Å². The third kappa shape index (κ3) is 2.29. The van der Waals surface area contributed by atoms with E-state index in [0.717, 1.165) is 25.7 Å². The molecule has 0 aliphatic heterocycles. The summed E-state index contributed by atoms with van der Waals surface area (Å²) in [6.07, 6.45) is 4.26. The number of carbonyl (C=O) groups excluding carboxylic acids is 1. The normalized spacial score (nSPS) is 14.4. The number of nitrogens with one attached hydrogen (secondary N) is 1. The topological polar surface area (TPSA) is 65.8 Å². The maximum absolute atomic E-state index is 11.6. The van der Waals surface area contributed by atoms with Crippen LogP contribution in [-0.4, -0.2) is 17.9 Å². The summed E-state index contributed by atoms with van der Waals surface area (Å²) in [5.41, 5.74) is 2.56. The second-order valence-corrected chi connectivity index (χ2v) is 5.31. The summed E-state index contributed by atoms with van der Waals surface area (Å²) >= 11 is 1.31. The lowest BCUT2D eigenvalue weighted by Crippen LogP contribution is -2.17. The first-order valence-corrected chi connectivity index (χ1v) is 6.81. The maximum atomic E-state index is 11.6. The van der Waals surface area contributed by atoms with Crippen LogP contribution in [0.3, 0.4) is 0 Å². The van der Waals surface area contributed by atoms with Crippen molar-refractivity contribution in [3.05, 3.63) is 21.2 Å². The highest BCUT2D eigenvalue weighted by atomic mass is 32.1. The zero-order valence-electron chi connectivity index (χ0n) is 10.5. The minimum Gasteiger partial charge on any atom is -0.354 e. The second kappa shape index (κ2) is 5.32. The van der Waals surface area contributed by atoms with Gasteiger partial charge in [-0.15, -0.1) is 11.3 Å². The van der Waals surface area contributed by atoms with Crippen LogP contribution in [0.25, 0.3) is 5.57 Å². The zero-order chi connectivity index (χ0) is 13.1. The predicted molar refractivity (Wildman–Crippen MR) is 71.2 cm³/mol.